The van der Waals surface area contributed by atoms with E-state index in [1.54, 1.807) is 25.3 Å². The molecule has 0 saturated heterocycles. The maximum atomic E-state index is 11.1. The van der Waals surface area contributed by atoms with Crippen molar-refractivity contribution in [2.24, 2.45) is 0 Å². The van der Waals surface area contributed by atoms with E-state index in [1.807, 2.05) is 6.07 Å². The van der Waals surface area contributed by atoms with Gasteiger partial charge in [0.1, 0.15) is 0 Å². The van der Waals surface area contributed by atoms with E-state index >= 15 is 0 Å². The minimum absolute atomic E-state index is 0.0503. The van der Waals surface area contributed by atoms with Crippen LogP contribution in [0, 0.1) is 4.77 Å². The summed E-state index contributed by atoms with van der Waals surface area (Å²) in [5, 5.41) is 0.895. The molecule has 0 unspecified atom stereocenters. The molecule has 2 aromatic rings. The van der Waals surface area contributed by atoms with Crippen molar-refractivity contribution in [2.45, 2.75) is 6.92 Å². The number of rotatable bonds is 1. The topological polar surface area (TPSA) is 45.8 Å². The fourth-order valence-electron chi connectivity index (χ4n) is 1.28. The van der Waals surface area contributed by atoms with E-state index in [1.165, 1.54) is 0 Å². The Morgan fingerprint density at radius 2 is 2.29 bits per heavy atom. The molecule has 0 aliphatic heterocycles. The third kappa shape index (κ3) is 1.56. The van der Waals surface area contributed by atoms with Gasteiger partial charge in [0.25, 0.3) is 0 Å². The Morgan fingerprint density at radius 1 is 1.50 bits per heavy atom. The van der Waals surface area contributed by atoms with Gasteiger partial charge in [0.15, 0.2) is 10.6 Å². The monoisotopic (exact) mass is 204 g/mol. The Balaban J connectivity index is 2.73. The van der Waals surface area contributed by atoms with Gasteiger partial charge < -0.3 is 4.98 Å². The van der Waals surface area contributed by atoms with Crippen LogP contribution in [0.5, 0.6) is 0 Å². The van der Waals surface area contributed by atoms with Gasteiger partial charge in [0.2, 0.25) is 0 Å². The number of H-pyrrole nitrogens is 1. The van der Waals surface area contributed by atoms with Crippen molar-refractivity contribution in [2.75, 3.05) is 0 Å². The molecule has 14 heavy (non-hydrogen) atoms. The first-order chi connectivity index (χ1) is 6.66. The van der Waals surface area contributed by atoms with Crippen molar-refractivity contribution in [3.63, 3.8) is 0 Å². The fraction of sp³-hybridized carbons (Fsp3) is 0.100. The third-order valence-corrected chi connectivity index (χ3v) is 2.23. The Bertz CT molecular complexity index is 559. The van der Waals surface area contributed by atoms with Crippen LogP contribution in [0.2, 0.25) is 0 Å². The summed E-state index contributed by atoms with van der Waals surface area (Å²) in [6.45, 7) is 1.54. The van der Waals surface area contributed by atoms with Crippen LogP contribution in [0.1, 0.15) is 17.3 Å². The van der Waals surface area contributed by atoms with E-state index in [4.69, 9.17) is 12.2 Å². The Kier molecular flexibility index (Phi) is 2.13. The molecule has 0 spiro atoms. The molecule has 0 saturated carbocycles. The lowest BCUT2D eigenvalue weighted by atomic mass is 10.1. The van der Waals surface area contributed by atoms with Crippen molar-refractivity contribution in [1.29, 1.82) is 0 Å². The molecule has 0 bridgehead atoms. The summed E-state index contributed by atoms with van der Waals surface area (Å²) in [4.78, 5) is 18.0. The smallest absolute Gasteiger partial charge is 0.197 e. The molecule has 70 valence electrons. The lowest BCUT2D eigenvalue weighted by Crippen LogP contribution is -1.92. The predicted octanol–water partition coefficient (Wildman–Crippen LogP) is 2.49. The van der Waals surface area contributed by atoms with Gasteiger partial charge in [-0.15, -0.1) is 0 Å². The number of hydrogen-bond donors (Lipinski definition) is 1. The number of ketones is 1. The van der Waals surface area contributed by atoms with Gasteiger partial charge in [0.05, 0.1) is 0 Å². The number of Topliss-reactive ketones (excluding diaryl/α,β-unsaturated/α-hetero) is 1. The highest BCUT2D eigenvalue weighted by atomic mass is 32.1. The highest BCUT2D eigenvalue weighted by Gasteiger charge is 2.00. The zero-order valence-electron chi connectivity index (χ0n) is 7.57. The highest BCUT2D eigenvalue weighted by molar-refractivity contribution is 7.71. The van der Waals surface area contributed by atoms with Gasteiger partial charge in [-0.2, -0.15) is 0 Å². The molecule has 1 N–H and O–H groups in total. The standard InChI is InChI=1S/C10H8N2OS/c1-6(13)7-2-3-9-8(4-7)5-11-10(14)12-9/h2-5H,1H3,(H,11,12,14). The number of carbonyl (C=O) groups excluding carboxylic acids is 1. The minimum Gasteiger partial charge on any atom is -0.330 e. The first-order valence-electron chi connectivity index (χ1n) is 4.17. The summed E-state index contributed by atoms with van der Waals surface area (Å²) in [6.07, 6.45) is 1.67. The molecule has 4 heteroatoms. The molecular formula is C10H8N2OS. The predicted molar refractivity (Wildman–Crippen MR) is 56.9 cm³/mol. The van der Waals surface area contributed by atoms with Crippen LogP contribution in [-0.2, 0) is 0 Å². The molecule has 2 rings (SSSR count). The largest absolute Gasteiger partial charge is 0.330 e. The van der Waals surface area contributed by atoms with E-state index in [-0.39, 0.29) is 5.78 Å². The number of aromatic amines is 1. The SMILES string of the molecule is CC(=O)c1ccc2[nH]c(=S)ncc2c1. The van der Waals surface area contributed by atoms with Crippen molar-refractivity contribution < 1.29 is 4.79 Å². The van der Waals surface area contributed by atoms with Gasteiger partial charge in [-0.05, 0) is 37.3 Å². The fourth-order valence-corrected chi connectivity index (χ4v) is 1.44. The van der Waals surface area contributed by atoms with E-state index in [0.717, 1.165) is 10.9 Å². The normalized spacial score (nSPS) is 10.4. The molecule has 0 aliphatic rings. The second-order valence-electron chi connectivity index (χ2n) is 3.05. The number of benzene rings is 1. The molecule has 0 atom stereocenters. The van der Waals surface area contributed by atoms with E-state index in [0.29, 0.717) is 10.3 Å². The minimum atomic E-state index is 0.0503. The second kappa shape index (κ2) is 3.31. The van der Waals surface area contributed by atoms with Crippen molar-refractivity contribution in [1.82, 2.24) is 9.97 Å². The number of carbonyl (C=O) groups is 1. The van der Waals surface area contributed by atoms with Crippen LogP contribution in [0.25, 0.3) is 10.9 Å². The molecule has 0 amide bonds. The van der Waals surface area contributed by atoms with Crippen LogP contribution in [0.15, 0.2) is 24.4 Å². The number of nitrogens with one attached hydrogen (secondary N) is 1. The summed E-state index contributed by atoms with van der Waals surface area (Å²) in [7, 11) is 0. The molecule has 0 aliphatic carbocycles. The highest BCUT2D eigenvalue weighted by Crippen LogP contribution is 2.12. The summed E-state index contributed by atoms with van der Waals surface area (Å²) in [5.74, 6) is 0.0503. The second-order valence-corrected chi connectivity index (χ2v) is 3.43. The summed E-state index contributed by atoms with van der Waals surface area (Å²) >= 11 is 4.89. The number of nitrogens with zero attached hydrogens (tertiary/aromatic N) is 1. The molecule has 0 radical (unpaired) electrons. The number of aromatic nitrogens is 2. The molecule has 3 nitrogen and oxygen atoms in total. The summed E-state index contributed by atoms with van der Waals surface area (Å²) in [5.41, 5.74) is 1.58. The van der Waals surface area contributed by atoms with Crippen molar-refractivity contribution in [3.8, 4) is 0 Å². The quantitative estimate of drug-likeness (QED) is 0.573. The molecular weight excluding hydrogens is 196 g/mol. The Morgan fingerprint density at radius 3 is 3.00 bits per heavy atom. The molecule has 1 aromatic heterocycles. The van der Waals surface area contributed by atoms with Gasteiger partial charge >= 0.3 is 0 Å². The number of fused-ring (bicyclic) bond motifs is 1. The first kappa shape index (κ1) is 9.02. The lowest BCUT2D eigenvalue weighted by Gasteiger charge is -1.99. The Labute approximate surface area is 85.8 Å². The van der Waals surface area contributed by atoms with E-state index in [9.17, 15) is 4.79 Å². The summed E-state index contributed by atoms with van der Waals surface area (Å²) in [6, 6.07) is 5.41. The van der Waals surface area contributed by atoms with Crippen molar-refractivity contribution in [3.05, 3.63) is 34.7 Å². The molecule has 1 heterocycles. The average Bonchev–Trinajstić information content (AvgIpc) is 2.16. The van der Waals surface area contributed by atoms with Gasteiger partial charge in [-0.25, -0.2) is 4.98 Å². The lowest BCUT2D eigenvalue weighted by molar-refractivity contribution is 0.101. The van der Waals surface area contributed by atoms with Gasteiger partial charge in [-0.3, -0.25) is 4.79 Å². The van der Waals surface area contributed by atoms with Gasteiger partial charge in [0, 0.05) is 22.7 Å². The van der Waals surface area contributed by atoms with Crippen molar-refractivity contribution >= 4 is 28.9 Å². The zero-order valence-corrected chi connectivity index (χ0v) is 8.39. The van der Waals surface area contributed by atoms with Crippen LogP contribution in [0.3, 0.4) is 0 Å². The van der Waals surface area contributed by atoms with Gasteiger partial charge in [-0.1, -0.05) is 0 Å². The van der Waals surface area contributed by atoms with Crippen LogP contribution in [-0.4, -0.2) is 15.8 Å². The number of hydrogen-bond acceptors (Lipinski definition) is 3. The van der Waals surface area contributed by atoms with E-state index < -0.39 is 0 Å². The first-order valence-corrected chi connectivity index (χ1v) is 4.58. The Hall–Kier alpha value is -1.55. The zero-order chi connectivity index (χ0) is 10.1. The average molecular weight is 204 g/mol. The maximum Gasteiger partial charge on any atom is 0.197 e. The molecule has 0 fully saturated rings. The van der Waals surface area contributed by atoms with Crippen LogP contribution in [0.4, 0.5) is 0 Å². The maximum absolute atomic E-state index is 11.1. The third-order valence-electron chi connectivity index (χ3n) is 2.02. The molecule has 1 aromatic carbocycles. The van der Waals surface area contributed by atoms with Crippen LogP contribution >= 0.6 is 12.2 Å². The van der Waals surface area contributed by atoms with E-state index in [2.05, 4.69) is 9.97 Å². The van der Waals surface area contributed by atoms with Crippen LogP contribution < -0.4 is 0 Å². The summed E-state index contributed by atoms with van der Waals surface area (Å²) < 4.78 is 0.452.